The Morgan fingerprint density at radius 1 is 1.28 bits per heavy atom. The minimum absolute atomic E-state index is 0.257. The lowest BCUT2D eigenvalue weighted by Crippen LogP contribution is -2.32. The first-order valence-corrected chi connectivity index (χ1v) is 8.23. The molecule has 0 aliphatic carbocycles. The molecule has 0 radical (unpaired) electrons. The van der Waals surface area contributed by atoms with Crippen molar-refractivity contribution in [1.82, 2.24) is 20.3 Å². The zero-order chi connectivity index (χ0) is 18.4. The van der Waals surface area contributed by atoms with Crippen LogP contribution in [0.4, 0.5) is 4.79 Å². The van der Waals surface area contributed by atoms with E-state index in [9.17, 15) is 4.79 Å². The van der Waals surface area contributed by atoms with Gasteiger partial charge < -0.3 is 10.1 Å². The number of benzene rings is 1. The summed E-state index contributed by atoms with van der Waals surface area (Å²) in [6, 6.07) is 7.77. The molecule has 6 nitrogen and oxygen atoms in total. The zero-order valence-electron chi connectivity index (χ0n) is 15.3. The highest BCUT2D eigenvalue weighted by molar-refractivity contribution is 5.67. The van der Waals surface area contributed by atoms with Crippen LogP contribution >= 0.6 is 0 Å². The molecule has 0 aliphatic heterocycles. The van der Waals surface area contributed by atoms with Crippen molar-refractivity contribution < 1.29 is 9.53 Å². The Kier molecular flexibility index (Phi) is 5.81. The van der Waals surface area contributed by atoms with Gasteiger partial charge in [-0.3, -0.25) is 0 Å². The first kappa shape index (κ1) is 18.5. The van der Waals surface area contributed by atoms with E-state index < -0.39 is 11.7 Å². The number of nitrogens with zero attached hydrogens (tertiary/aromatic N) is 3. The van der Waals surface area contributed by atoms with Crippen LogP contribution in [0.1, 0.15) is 45.9 Å². The Balaban J connectivity index is 1.97. The lowest BCUT2D eigenvalue weighted by Gasteiger charge is -2.19. The summed E-state index contributed by atoms with van der Waals surface area (Å²) >= 11 is 0. The van der Waals surface area contributed by atoms with Crippen LogP contribution in [-0.2, 0) is 11.3 Å². The van der Waals surface area contributed by atoms with Crippen molar-refractivity contribution in [2.24, 2.45) is 5.92 Å². The molecule has 1 aromatic carbocycles. The average Bonchev–Trinajstić information content (AvgIpc) is 2.99. The van der Waals surface area contributed by atoms with Gasteiger partial charge in [-0.1, -0.05) is 30.9 Å². The van der Waals surface area contributed by atoms with Gasteiger partial charge in [0.05, 0.1) is 18.4 Å². The third-order valence-electron chi connectivity index (χ3n) is 2.99. The highest BCUT2D eigenvalue weighted by Gasteiger charge is 2.16. The molecule has 1 heterocycles. The molecule has 132 valence electrons. The van der Waals surface area contributed by atoms with Crippen LogP contribution in [-0.4, -0.2) is 26.7 Å². The standard InChI is InChI=1S/C19H24N4O2/c1-14(2)6-7-15-8-10-17(11-9-15)23-13-16(21-22-23)12-20-18(24)25-19(3,4)5/h8-11,13-14H,12H2,1-5H3,(H,20,24). The predicted molar refractivity (Wildman–Crippen MR) is 96.1 cm³/mol. The normalized spacial score (nSPS) is 11.0. The molecule has 0 bridgehead atoms. The van der Waals surface area contributed by atoms with Crippen molar-refractivity contribution in [2.75, 3.05) is 0 Å². The van der Waals surface area contributed by atoms with Crippen LogP contribution < -0.4 is 5.32 Å². The monoisotopic (exact) mass is 340 g/mol. The SMILES string of the molecule is CC(C)C#Cc1ccc(-n2cc(CNC(=O)OC(C)(C)C)nn2)cc1. The lowest BCUT2D eigenvalue weighted by atomic mass is 10.1. The van der Waals surface area contributed by atoms with Crippen molar-refractivity contribution in [1.29, 1.82) is 0 Å². The Labute approximate surface area is 148 Å². The molecule has 0 saturated carbocycles. The van der Waals surface area contributed by atoms with Gasteiger partial charge in [0, 0.05) is 11.5 Å². The van der Waals surface area contributed by atoms with Crippen LogP contribution in [0.2, 0.25) is 0 Å². The van der Waals surface area contributed by atoms with E-state index in [2.05, 4.69) is 41.3 Å². The maximum absolute atomic E-state index is 11.7. The Hall–Kier alpha value is -2.81. The fourth-order valence-corrected chi connectivity index (χ4v) is 1.91. The van der Waals surface area contributed by atoms with E-state index in [4.69, 9.17) is 4.74 Å². The fourth-order valence-electron chi connectivity index (χ4n) is 1.91. The van der Waals surface area contributed by atoms with E-state index in [1.54, 1.807) is 10.9 Å². The molecule has 0 atom stereocenters. The van der Waals surface area contributed by atoms with Crippen molar-refractivity contribution in [3.05, 3.63) is 41.7 Å². The molecule has 1 amide bonds. The summed E-state index contributed by atoms with van der Waals surface area (Å²) < 4.78 is 6.84. The number of carbonyl (C=O) groups excluding carboxylic acids is 1. The maximum Gasteiger partial charge on any atom is 0.407 e. The summed E-state index contributed by atoms with van der Waals surface area (Å²) in [6.45, 7) is 9.83. The second-order valence-corrected chi connectivity index (χ2v) is 6.98. The van der Waals surface area contributed by atoms with Gasteiger partial charge in [-0.25, -0.2) is 9.48 Å². The summed E-state index contributed by atoms with van der Waals surface area (Å²) in [7, 11) is 0. The second kappa shape index (κ2) is 7.84. The van der Waals surface area contributed by atoms with Crippen LogP contribution in [0.3, 0.4) is 0 Å². The summed E-state index contributed by atoms with van der Waals surface area (Å²) in [6.07, 6.45) is 1.29. The third kappa shape index (κ3) is 6.30. The first-order valence-electron chi connectivity index (χ1n) is 8.23. The predicted octanol–water partition coefficient (Wildman–Crippen LogP) is 3.30. The molecule has 0 fully saturated rings. The molecule has 1 N–H and O–H groups in total. The fraction of sp³-hybridized carbons (Fsp3) is 0.421. The summed E-state index contributed by atoms with van der Waals surface area (Å²) in [4.78, 5) is 11.7. The minimum atomic E-state index is -0.526. The number of nitrogens with one attached hydrogen (secondary N) is 1. The highest BCUT2D eigenvalue weighted by Crippen LogP contribution is 2.10. The van der Waals surface area contributed by atoms with Gasteiger partial charge in [0.15, 0.2) is 0 Å². The molecule has 0 unspecified atom stereocenters. The van der Waals surface area contributed by atoms with Gasteiger partial charge in [-0.05, 0) is 45.0 Å². The number of aromatic nitrogens is 3. The molecular weight excluding hydrogens is 316 g/mol. The Morgan fingerprint density at radius 3 is 2.56 bits per heavy atom. The summed E-state index contributed by atoms with van der Waals surface area (Å²) in [5, 5.41) is 10.8. The zero-order valence-corrected chi connectivity index (χ0v) is 15.3. The van der Waals surface area contributed by atoms with Crippen molar-refractivity contribution in [3.8, 4) is 17.5 Å². The maximum atomic E-state index is 11.7. The van der Waals surface area contributed by atoms with Gasteiger partial charge in [0.2, 0.25) is 0 Å². The van der Waals surface area contributed by atoms with E-state index in [0.717, 1.165) is 11.3 Å². The molecule has 2 aromatic rings. The largest absolute Gasteiger partial charge is 0.444 e. The highest BCUT2D eigenvalue weighted by atomic mass is 16.6. The van der Waals surface area contributed by atoms with Crippen molar-refractivity contribution >= 4 is 6.09 Å². The number of carbonyl (C=O) groups is 1. The molecule has 0 spiro atoms. The van der Waals surface area contributed by atoms with Crippen molar-refractivity contribution in [3.63, 3.8) is 0 Å². The summed E-state index contributed by atoms with van der Waals surface area (Å²) in [5.74, 6) is 6.60. The molecule has 1 aromatic heterocycles. The molecule has 2 rings (SSSR count). The van der Waals surface area contributed by atoms with E-state index in [1.165, 1.54) is 0 Å². The van der Waals surface area contributed by atoms with E-state index >= 15 is 0 Å². The summed E-state index contributed by atoms with van der Waals surface area (Å²) in [5.41, 5.74) is 1.96. The lowest BCUT2D eigenvalue weighted by molar-refractivity contribution is 0.0523. The quantitative estimate of drug-likeness (QED) is 0.871. The molecule has 0 aliphatic rings. The van der Waals surface area contributed by atoms with E-state index in [1.807, 2.05) is 45.0 Å². The van der Waals surface area contributed by atoms with E-state index in [0.29, 0.717) is 11.6 Å². The van der Waals surface area contributed by atoms with Gasteiger partial charge in [-0.2, -0.15) is 0 Å². The van der Waals surface area contributed by atoms with Gasteiger partial charge in [0.1, 0.15) is 11.3 Å². The van der Waals surface area contributed by atoms with Crippen LogP contribution in [0.5, 0.6) is 0 Å². The number of hydrogen-bond acceptors (Lipinski definition) is 4. The van der Waals surface area contributed by atoms with Crippen LogP contribution in [0, 0.1) is 17.8 Å². The topological polar surface area (TPSA) is 69.0 Å². The molecule has 0 saturated heterocycles. The minimum Gasteiger partial charge on any atom is -0.444 e. The molecule has 25 heavy (non-hydrogen) atoms. The van der Waals surface area contributed by atoms with Gasteiger partial charge in [0.25, 0.3) is 0 Å². The second-order valence-electron chi connectivity index (χ2n) is 6.98. The average molecular weight is 340 g/mol. The number of alkyl carbamates (subject to hydrolysis) is 1. The van der Waals surface area contributed by atoms with Gasteiger partial charge in [-0.15, -0.1) is 5.10 Å². The third-order valence-corrected chi connectivity index (χ3v) is 2.99. The Morgan fingerprint density at radius 2 is 1.96 bits per heavy atom. The first-order chi connectivity index (χ1) is 11.7. The number of ether oxygens (including phenoxy) is 1. The van der Waals surface area contributed by atoms with Crippen LogP contribution in [0.15, 0.2) is 30.5 Å². The number of amides is 1. The van der Waals surface area contributed by atoms with Crippen LogP contribution in [0.25, 0.3) is 5.69 Å². The van der Waals surface area contributed by atoms with Gasteiger partial charge >= 0.3 is 6.09 Å². The molecular formula is C19H24N4O2. The number of rotatable bonds is 3. The number of hydrogen-bond donors (Lipinski definition) is 1. The smallest absolute Gasteiger partial charge is 0.407 e. The van der Waals surface area contributed by atoms with E-state index in [-0.39, 0.29) is 6.54 Å². The van der Waals surface area contributed by atoms with Crippen molar-refractivity contribution in [2.45, 2.75) is 46.8 Å². The Bertz CT molecular complexity index is 774. The molecule has 6 heteroatoms.